The summed E-state index contributed by atoms with van der Waals surface area (Å²) < 4.78 is 0. The van der Waals surface area contributed by atoms with Gasteiger partial charge in [0, 0.05) is 24.7 Å². The van der Waals surface area contributed by atoms with E-state index in [1.54, 1.807) is 6.07 Å². The molecule has 0 saturated carbocycles. The third-order valence-electron chi connectivity index (χ3n) is 3.88. The monoisotopic (exact) mass is 261 g/mol. The van der Waals surface area contributed by atoms with Gasteiger partial charge in [-0.3, -0.25) is 9.69 Å². The van der Waals surface area contributed by atoms with Crippen molar-refractivity contribution in [2.45, 2.75) is 32.4 Å². The Morgan fingerprint density at radius 1 is 1.47 bits per heavy atom. The Labute approximate surface area is 115 Å². The molecule has 104 valence electrons. The fraction of sp³-hybridized carbons (Fsp3) is 0.533. The number of rotatable bonds is 6. The number of likely N-dealkylation sites (N-methyl/N-ethyl adjacent to an activating group) is 1. The second-order valence-electron chi connectivity index (χ2n) is 5.08. The van der Waals surface area contributed by atoms with Gasteiger partial charge in [0.1, 0.15) is 0 Å². The normalized spacial score (nSPS) is 19.7. The number of primary amides is 1. The zero-order valence-electron chi connectivity index (χ0n) is 11.6. The number of carbonyl (C=O) groups excluding carboxylic acids is 1. The first-order valence-corrected chi connectivity index (χ1v) is 7.05. The summed E-state index contributed by atoms with van der Waals surface area (Å²) in [6.45, 7) is 6.21. The summed E-state index contributed by atoms with van der Waals surface area (Å²) in [5.74, 6) is -0.353. The molecule has 1 aliphatic rings. The maximum atomic E-state index is 11.3. The molecule has 0 spiro atoms. The number of likely N-dealkylation sites (tertiary alicyclic amines) is 1. The van der Waals surface area contributed by atoms with Crippen LogP contribution in [0.15, 0.2) is 24.3 Å². The van der Waals surface area contributed by atoms with E-state index in [2.05, 4.69) is 17.1 Å². The molecule has 0 aliphatic carbocycles. The van der Waals surface area contributed by atoms with E-state index in [1.165, 1.54) is 19.4 Å². The first-order chi connectivity index (χ1) is 9.22. The van der Waals surface area contributed by atoms with E-state index in [4.69, 9.17) is 5.73 Å². The largest absolute Gasteiger partial charge is 0.366 e. The third-order valence-corrected chi connectivity index (χ3v) is 3.88. The minimum Gasteiger partial charge on any atom is -0.366 e. The predicted molar refractivity (Wildman–Crippen MR) is 76.9 cm³/mol. The van der Waals surface area contributed by atoms with Crippen LogP contribution < -0.4 is 11.1 Å². The van der Waals surface area contributed by atoms with Crippen molar-refractivity contribution in [1.82, 2.24) is 10.2 Å². The summed E-state index contributed by atoms with van der Waals surface area (Å²) in [6.07, 6.45) is 2.55. The minimum atomic E-state index is -0.353. The van der Waals surface area contributed by atoms with Gasteiger partial charge in [-0.25, -0.2) is 0 Å². The van der Waals surface area contributed by atoms with Crippen molar-refractivity contribution in [3.8, 4) is 0 Å². The highest BCUT2D eigenvalue weighted by atomic mass is 16.1. The van der Waals surface area contributed by atoms with Gasteiger partial charge in [-0.05, 0) is 37.6 Å². The molecule has 0 bridgehead atoms. The molecule has 19 heavy (non-hydrogen) atoms. The van der Waals surface area contributed by atoms with Gasteiger partial charge >= 0.3 is 0 Å². The molecule has 1 fully saturated rings. The second-order valence-corrected chi connectivity index (χ2v) is 5.08. The van der Waals surface area contributed by atoms with Gasteiger partial charge in [-0.15, -0.1) is 0 Å². The van der Waals surface area contributed by atoms with E-state index in [-0.39, 0.29) is 5.91 Å². The molecular formula is C15H23N3O. The van der Waals surface area contributed by atoms with E-state index < -0.39 is 0 Å². The van der Waals surface area contributed by atoms with Gasteiger partial charge in [0.25, 0.3) is 0 Å². The number of carbonyl (C=O) groups is 1. The van der Waals surface area contributed by atoms with E-state index in [0.29, 0.717) is 18.2 Å². The minimum absolute atomic E-state index is 0.353. The summed E-state index contributed by atoms with van der Waals surface area (Å²) in [4.78, 5) is 13.8. The van der Waals surface area contributed by atoms with E-state index >= 15 is 0 Å². The van der Waals surface area contributed by atoms with Crippen molar-refractivity contribution in [2.24, 2.45) is 5.73 Å². The average Bonchev–Trinajstić information content (AvgIpc) is 2.86. The number of hydrogen-bond donors (Lipinski definition) is 2. The van der Waals surface area contributed by atoms with Crippen molar-refractivity contribution >= 4 is 5.91 Å². The zero-order chi connectivity index (χ0) is 13.7. The molecule has 1 unspecified atom stereocenters. The summed E-state index contributed by atoms with van der Waals surface area (Å²) in [5, 5.41) is 3.45. The van der Waals surface area contributed by atoms with Crippen LogP contribution in [0, 0.1) is 0 Å². The van der Waals surface area contributed by atoms with Crippen molar-refractivity contribution in [2.75, 3.05) is 19.6 Å². The van der Waals surface area contributed by atoms with Gasteiger partial charge in [0.15, 0.2) is 0 Å². The molecule has 1 aromatic rings. The van der Waals surface area contributed by atoms with E-state index in [1.807, 2.05) is 18.2 Å². The van der Waals surface area contributed by atoms with Gasteiger partial charge < -0.3 is 11.1 Å². The maximum absolute atomic E-state index is 11.3. The van der Waals surface area contributed by atoms with E-state index in [0.717, 1.165) is 18.7 Å². The number of benzene rings is 1. The number of nitrogens with two attached hydrogens (primary N) is 1. The van der Waals surface area contributed by atoms with Gasteiger partial charge in [0.05, 0.1) is 0 Å². The highest BCUT2D eigenvalue weighted by molar-refractivity contribution is 5.94. The number of amides is 1. The molecule has 1 aliphatic heterocycles. The van der Waals surface area contributed by atoms with Crippen LogP contribution in [0.2, 0.25) is 0 Å². The quantitative estimate of drug-likeness (QED) is 0.813. The summed E-state index contributed by atoms with van der Waals surface area (Å²) >= 11 is 0. The molecule has 1 saturated heterocycles. The molecule has 4 heteroatoms. The van der Waals surface area contributed by atoms with Crippen molar-refractivity contribution in [3.63, 3.8) is 0 Å². The summed E-state index contributed by atoms with van der Waals surface area (Å²) in [5.41, 5.74) is 6.98. The Morgan fingerprint density at radius 2 is 2.26 bits per heavy atom. The van der Waals surface area contributed by atoms with Crippen molar-refractivity contribution < 1.29 is 4.79 Å². The molecule has 1 amide bonds. The number of hydrogen-bond acceptors (Lipinski definition) is 3. The molecule has 1 heterocycles. The molecule has 3 N–H and O–H groups in total. The van der Waals surface area contributed by atoms with Crippen LogP contribution in [0.25, 0.3) is 0 Å². The first-order valence-electron chi connectivity index (χ1n) is 7.05. The molecule has 2 rings (SSSR count). The molecule has 0 radical (unpaired) electrons. The summed E-state index contributed by atoms with van der Waals surface area (Å²) in [7, 11) is 0. The Balaban J connectivity index is 1.87. The molecule has 1 aromatic carbocycles. The van der Waals surface area contributed by atoms with Gasteiger partial charge in [0.2, 0.25) is 5.91 Å². The molecular weight excluding hydrogens is 238 g/mol. The molecule has 1 atom stereocenters. The van der Waals surface area contributed by atoms with Crippen LogP contribution in [-0.2, 0) is 6.54 Å². The first kappa shape index (κ1) is 14.0. The lowest BCUT2D eigenvalue weighted by Crippen LogP contribution is -2.37. The standard InChI is InChI=1S/C15H23N3O/c1-2-18-9-5-7-13(18)11-17-10-12-6-3-4-8-14(12)15(16)19/h3-4,6,8,13,17H,2,5,7,9-11H2,1H3,(H2,16,19). The smallest absolute Gasteiger partial charge is 0.249 e. The average molecular weight is 261 g/mol. The highest BCUT2D eigenvalue weighted by Crippen LogP contribution is 2.16. The van der Waals surface area contributed by atoms with Crippen LogP contribution in [0.3, 0.4) is 0 Å². The van der Waals surface area contributed by atoms with Crippen molar-refractivity contribution in [1.29, 1.82) is 0 Å². The lowest BCUT2D eigenvalue weighted by atomic mass is 10.1. The fourth-order valence-corrected chi connectivity index (χ4v) is 2.83. The fourth-order valence-electron chi connectivity index (χ4n) is 2.83. The zero-order valence-corrected chi connectivity index (χ0v) is 11.6. The lowest BCUT2D eigenvalue weighted by molar-refractivity contribution is 0.0999. The Hall–Kier alpha value is -1.39. The highest BCUT2D eigenvalue weighted by Gasteiger charge is 2.22. The summed E-state index contributed by atoms with van der Waals surface area (Å²) in [6, 6.07) is 8.16. The predicted octanol–water partition coefficient (Wildman–Crippen LogP) is 1.36. The lowest BCUT2D eigenvalue weighted by Gasteiger charge is -2.23. The van der Waals surface area contributed by atoms with Crippen molar-refractivity contribution in [3.05, 3.63) is 35.4 Å². The topological polar surface area (TPSA) is 58.4 Å². The van der Waals surface area contributed by atoms with E-state index in [9.17, 15) is 4.79 Å². The Morgan fingerprint density at radius 3 is 3.00 bits per heavy atom. The van der Waals surface area contributed by atoms with Crippen LogP contribution in [0.5, 0.6) is 0 Å². The SMILES string of the molecule is CCN1CCCC1CNCc1ccccc1C(N)=O. The maximum Gasteiger partial charge on any atom is 0.249 e. The number of nitrogens with one attached hydrogen (secondary N) is 1. The molecule has 4 nitrogen and oxygen atoms in total. The van der Waals surface area contributed by atoms with Gasteiger partial charge in [-0.1, -0.05) is 25.1 Å². The Kier molecular flexibility index (Phi) is 4.93. The number of nitrogens with zero attached hydrogens (tertiary/aromatic N) is 1. The van der Waals surface area contributed by atoms with Crippen LogP contribution in [0.4, 0.5) is 0 Å². The second kappa shape index (κ2) is 6.68. The van der Waals surface area contributed by atoms with Gasteiger partial charge in [-0.2, -0.15) is 0 Å². The van der Waals surface area contributed by atoms with Crippen LogP contribution >= 0.6 is 0 Å². The molecule has 0 aromatic heterocycles. The Bertz CT molecular complexity index is 433. The third kappa shape index (κ3) is 3.55. The van der Waals surface area contributed by atoms with Crippen LogP contribution in [0.1, 0.15) is 35.7 Å². The van der Waals surface area contributed by atoms with Crippen LogP contribution in [-0.4, -0.2) is 36.5 Å².